The first kappa shape index (κ1) is 23.6. The number of phenolic OH excluding ortho intramolecular Hbond substituents is 1. The number of halogens is 2. The van der Waals surface area contributed by atoms with Gasteiger partial charge in [-0.3, -0.25) is 19.9 Å². The van der Waals surface area contributed by atoms with E-state index in [2.05, 4.69) is 20.9 Å². The van der Waals surface area contributed by atoms with Crippen molar-refractivity contribution in [2.24, 2.45) is 0 Å². The third-order valence-electron chi connectivity index (χ3n) is 6.02. The number of benzene rings is 2. The molecule has 1 N–H and O–H groups in total. The molecule has 1 aromatic heterocycles. The first-order valence-corrected chi connectivity index (χ1v) is 11.2. The molecule has 0 spiro atoms. The Balaban J connectivity index is 1.90. The highest BCUT2D eigenvalue weighted by Crippen LogP contribution is 2.46. The van der Waals surface area contributed by atoms with Crippen LogP contribution in [0.25, 0.3) is 0 Å². The van der Waals surface area contributed by atoms with Crippen LogP contribution in [0.3, 0.4) is 0 Å². The van der Waals surface area contributed by atoms with Crippen LogP contribution in [0.4, 0.5) is 4.39 Å². The average molecular weight is 530 g/mol. The fourth-order valence-electron chi connectivity index (χ4n) is 4.49. The van der Waals surface area contributed by atoms with E-state index in [9.17, 15) is 24.4 Å². The molecule has 34 heavy (non-hydrogen) atoms. The van der Waals surface area contributed by atoms with E-state index in [0.717, 1.165) is 0 Å². The zero-order valence-corrected chi connectivity index (χ0v) is 19.7. The zero-order chi connectivity index (χ0) is 24.4. The largest absolute Gasteiger partial charge is 0.503 e. The van der Waals surface area contributed by atoms with Gasteiger partial charge in [0, 0.05) is 30.3 Å². The molecule has 3 atom stereocenters. The van der Waals surface area contributed by atoms with Gasteiger partial charge in [-0.1, -0.05) is 24.3 Å². The molecule has 2 aromatic carbocycles. The lowest BCUT2D eigenvalue weighted by Gasteiger charge is -2.41. The Kier molecular flexibility index (Phi) is 6.78. The molecule has 0 bridgehead atoms. The van der Waals surface area contributed by atoms with Crippen LogP contribution in [-0.2, 0) is 11.3 Å². The minimum atomic E-state index is -1.35. The number of amides is 1. The number of nitrogens with zero attached hydrogens (tertiary/aromatic N) is 3. The molecule has 10 heteroatoms. The summed E-state index contributed by atoms with van der Waals surface area (Å²) in [6.45, 7) is 0.0759. The van der Waals surface area contributed by atoms with Crippen molar-refractivity contribution in [3.63, 3.8) is 0 Å². The van der Waals surface area contributed by atoms with Gasteiger partial charge in [0.05, 0.1) is 17.5 Å². The van der Waals surface area contributed by atoms with Gasteiger partial charge in [-0.05, 0) is 56.9 Å². The Morgan fingerprint density at radius 3 is 2.71 bits per heavy atom. The lowest BCUT2D eigenvalue weighted by atomic mass is 9.78. The van der Waals surface area contributed by atoms with Gasteiger partial charge in [0.15, 0.2) is 11.5 Å². The van der Waals surface area contributed by atoms with Crippen LogP contribution in [0.5, 0.6) is 11.5 Å². The number of hydrogen-bond acceptors (Lipinski definition) is 6. The van der Waals surface area contributed by atoms with E-state index < -0.39 is 28.7 Å². The Morgan fingerprint density at radius 1 is 1.29 bits per heavy atom. The minimum absolute atomic E-state index is 0.0759. The summed E-state index contributed by atoms with van der Waals surface area (Å²) in [7, 11) is 1.36. The Bertz CT molecular complexity index is 1230. The molecule has 8 nitrogen and oxygen atoms in total. The molecular formula is C24H21BrFN3O5. The summed E-state index contributed by atoms with van der Waals surface area (Å²) in [6, 6.07) is 9.86. The molecule has 1 aliphatic rings. The molecular weight excluding hydrogens is 509 g/mol. The van der Waals surface area contributed by atoms with Gasteiger partial charge in [0.25, 0.3) is 0 Å². The van der Waals surface area contributed by atoms with Gasteiger partial charge in [0.1, 0.15) is 11.9 Å². The van der Waals surface area contributed by atoms with Crippen molar-refractivity contribution >= 4 is 21.8 Å². The Morgan fingerprint density at radius 2 is 2.06 bits per heavy atom. The number of piperidine rings is 1. The van der Waals surface area contributed by atoms with Gasteiger partial charge in [-0.15, -0.1) is 0 Å². The predicted octanol–water partition coefficient (Wildman–Crippen LogP) is 4.60. The quantitative estimate of drug-likeness (QED) is 0.369. The second-order valence-electron chi connectivity index (χ2n) is 7.99. The minimum Gasteiger partial charge on any atom is -0.503 e. The molecule has 4 rings (SSSR count). The SMILES string of the molecule is COc1cc([C@@H]2[C@@H]([N+](=O)[O-])[C@H](c3ccccc3F)CC(=O)N2Cc2cccnc2)cc(Br)c1O. The average Bonchev–Trinajstić information content (AvgIpc) is 2.82. The van der Waals surface area contributed by atoms with E-state index in [0.29, 0.717) is 11.1 Å². The monoisotopic (exact) mass is 529 g/mol. The lowest BCUT2D eigenvalue weighted by Crippen LogP contribution is -2.51. The molecule has 176 valence electrons. The van der Waals surface area contributed by atoms with Crippen molar-refractivity contribution in [3.8, 4) is 11.5 Å². The fourth-order valence-corrected chi connectivity index (χ4v) is 4.95. The van der Waals surface area contributed by atoms with E-state index >= 15 is 0 Å². The molecule has 0 saturated carbocycles. The van der Waals surface area contributed by atoms with Crippen LogP contribution in [-0.4, -0.2) is 39.0 Å². The maximum absolute atomic E-state index is 14.7. The Labute approximate surface area is 203 Å². The lowest BCUT2D eigenvalue weighted by molar-refractivity contribution is -0.537. The molecule has 1 saturated heterocycles. The van der Waals surface area contributed by atoms with Gasteiger partial charge < -0.3 is 14.7 Å². The van der Waals surface area contributed by atoms with Crippen molar-refractivity contribution in [2.75, 3.05) is 7.11 Å². The van der Waals surface area contributed by atoms with E-state index in [4.69, 9.17) is 4.74 Å². The summed E-state index contributed by atoms with van der Waals surface area (Å²) in [5.74, 6) is -2.03. The number of methoxy groups -OCH3 is 1. The van der Waals surface area contributed by atoms with Gasteiger partial charge >= 0.3 is 0 Å². The first-order valence-electron chi connectivity index (χ1n) is 10.4. The highest BCUT2D eigenvalue weighted by atomic mass is 79.9. The van der Waals surface area contributed by atoms with Crippen molar-refractivity contribution in [1.29, 1.82) is 0 Å². The molecule has 0 unspecified atom stereocenters. The third kappa shape index (κ3) is 4.45. The molecule has 0 radical (unpaired) electrons. The van der Waals surface area contributed by atoms with Crippen molar-refractivity contribution < 1.29 is 24.0 Å². The van der Waals surface area contributed by atoms with Crippen molar-refractivity contribution in [2.45, 2.75) is 31.0 Å². The summed E-state index contributed by atoms with van der Waals surface area (Å²) < 4.78 is 20.2. The molecule has 1 fully saturated rings. The van der Waals surface area contributed by atoms with Crippen molar-refractivity contribution in [1.82, 2.24) is 9.88 Å². The smallest absolute Gasteiger partial charge is 0.244 e. The number of likely N-dealkylation sites (tertiary alicyclic amines) is 1. The standard InChI is InChI=1S/C24H21BrFN3O5/c1-34-20-10-15(9-18(25)24(20)31)22-23(29(32)33)17(16-6-2-3-7-19(16)26)11-21(30)28(22)13-14-5-4-8-27-12-14/h2-10,12,17,22-23,31H,11,13H2,1H3/t17-,22+,23-/m0/s1. The van der Waals surface area contributed by atoms with Crippen molar-refractivity contribution in [3.05, 3.63) is 98.0 Å². The number of carbonyl (C=O) groups excluding carboxylic acids is 1. The number of rotatable bonds is 6. The normalized spacial score (nSPS) is 20.3. The molecule has 3 aromatic rings. The van der Waals surface area contributed by atoms with E-state index in [1.807, 2.05) is 0 Å². The van der Waals surface area contributed by atoms with Crippen LogP contribution in [0.15, 0.2) is 65.4 Å². The van der Waals surface area contributed by atoms with Crippen LogP contribution >= 0.6 is 15.9 Å². The number of aromatic hydroxyl groups is 1. The molecule has 1 aliphatic heterocycles. The van der Waals surface area contributed by atoms with Crippen LogP contribution in [0, 0.1) is 15.9 Å². The van der Waals surface area contributed by atoms with E-state index in [1.165, 1.54) is 42.3 Å². The number of ether oxygens (including phenoxy) is 1. The number of phenols is 1. The number of aromatic nitrogens is 1. The molecule has 1 amide bonds. The van der Waals surface area contributed by atoms with Crippen LogP contribution in [0.1, 0.15) is 35.1 Å². The number of carbonyl (C=O) groups is 1. The number of hydrogen-bond donors (Lipinski definition) is 1. The van der Waals surface area contributed by atoms with Crippen LogP contribution < -0.4 is 4.74 Å². The summed E-state index contributed by atoms with van der Waals surface area (Å²) in [5.41, 5.74) is 1.19. The van der Waals surface area contributed by atoms with Crippen LogP contribution in [0.2, 0.25) is 0 Å². The second-order valence-corrected chi connectivity index (χ2v) is 8.84. The number of pyridine rings is 1. The van der Waals surface area contributed by atoms with Gasteiger partial charge in [-0.2, -0.15) is 0 Å². The molecule has 0 aliphatic carbocycles. The van der Waals surface area contributed by atoms with Gasteiger partial charge in [0.2, 0.25) is 11.9 Å². The second kappa shape index (κ2) is 9.76. The zero-order valence-electron chi connectivity index (χ0n) is 18.1. The summed E-state index contributed by atoms with van der Waals surface area (Å²) in [4.78, 5) is 30.9. The maximum atomic E-state index is 14.7. The Hall–Kier alpha value is -3.53. The van der Waals surface area contributed by atoms with E-state index in [-0.39, 0.29) is 40.4 Å². The maximum Gasteiger partial charge on any atom is 0.244 e. The fraction of sp³-hybridized carbons (Fsp3) is 0.250. The third-order valence-corrected chi connectivity index (χ3v) is 6.63. The summed E-state index contributed by atoms with van der Waals surface area (Å²) >= 11 is 3.26. The summed E-state index contributed by atoms with van der Waals surface area (Å²) in [5, 5.41) is 22.8. The number of nitro groups is 1. The predicted molar refractivity (Wildman–Crippen MR) is 124 cm³/mol. The highest BCUT2D eigenvalue weighted by Gasteiger charge is 2.51. The first-order chi connectivity index (χ1) is 16.3. The van der Waals surface area contributed by atoms with E-state index in [1.54, 1.807) is 30.6 Å². The topological polar surface area (TPSA) is 106 Å². The molecule has 2 heterocycles. The van der Waals surface area contributed by atoms with Gasteiger partial charge in [-0.25, -0.2) is 4.39 Å². The summed E-state index contributed by atoms with van der Waals surface area (Å²) in [6.07, 6.45) is 2.95. The highest BCUT2D eigenvalue weighted by molar-refractivity contribution is 9.10.